The zero-order chi connectivity index (χ0) is 25.2. The first kappa shape index (κ1) is 24.4. The molecule has 0 aliphatic heterocycles. The summed E-state index contributed by atoms with van der Waals surface area (Å²) in [6.45, 7) is 5.74. The maximum Gasteiger partial charge on any atom is 0.141 e. The van der Waals surface area contributed by atoms with Gasteiger partial charge in [0.05, 0.1) is 27.6 Å². The van der Waals surface area contributed by atoms with E-state index in [4.69, 9.17) is 33.9 Å². The van der Waals surface area contributed by atoms with E-state index in [1.165, 1.54) is 16.3 Å². The number of amidine groups is 1. The largest absolute Gasteiger partial charge is 0.384 e. The number of nitrogens with zero attached hydrogens (tertiary/aromatic N) is 3. The second kappa shape index (κ2) is 10.3. The predicted octanol–water partition coefficient (Wildman–Crippen LogP) is 7.96. The molecule has 6 heteroatoms. The van der Waals surface area contributed by atoms with E-state index < -0.39 is 0 Å². The number of halogens is 2. The Morgan fingerprint density at radius 1 is 0.944 bits per heavy atom. The molecule has 0 radical (unpaired) electrons. The summed E-state index contributed by atoms with van der Waals surface area (Å²) >= 11 is 12.6. The highest BCUT2D eigenvalue weighted by Crippen LogP contribution is 2.32. The third-order valence-electron chi connectivity index (χ3n) is 6.42. The first-order valence-electron chi connectivity index (χ1n) is 12.1. The Kier molecular flexibility index (Phi) is 6.99. The number of hydrogen-bond donors (Lipinski definition) is 1. The van der Waals surface area contributed by atoms with Crippen molar-refractivity contribution in [3.8, 4) is 11.4 Å². The third kappa shape index (κ3) is 4.97. The van der Waals surface area contributed by atoms with E-state index in [0.29, 0.717) is 34.9 Å². The van der Waals surface area contributed by atoms with Gasteiger partial charge in [0.25, 0.3) is 0 Å². The van der Waals surface area contributed by atoms with Crippen molar-refractivity contribution in [2.24, 2.45) is 16.6 Å². The summed E-state index contributed by atoms with van der Waals surface area (Å²) in [5.41, 5.74) is 11.2. The van der Waals surface area contributed by atoms with Crippen molar-refractivity contribution in [2.45, 2.75) is 26.8 Å². The van der Waals surface area contributed by atoms with Crippen molar-refractivity contribution in [1.82, 2.24) is 9.55 Å². The Morgan fingerprint density at radius 3 is 2.56 bits per heavy atom. The fraction of sp³-hybridized carbons (Fsp3) is 0.200. The van der Waals surface area contributed by atoms with E-state index >= 15 is 0 Å². The van der Waals surface area contributed by atoms with Gasteiger partial charge in [0.15, 0.2) is 0 Å². The first-order chi connectivity index (χ1) is 17.4. The predicted molar refractivity (Wildman–Crippen MR) is 153 cm³/mol. The van der Waals surface area contributed by atoms with Gasteiger partial charge in [-0.2, -0.15) is 0 Å². The highest BCUT2D eigenvalue weighted by atomic mass is 35.5. The minimum absolute atomic E-state index is 0.500. The molecule has 4 nitrogen and oxygen atoms in total. The molecule has 36 heavy (non-hydrogen) atoms. The van der Waals surface area contributed by atoms with E-state index in [9.17, 15) is 0 Å². The number of aromatic nitrogens is 2. The molecular formula is C30H28Cl2N4. The fourth-order valence-electron chi connectivity index (χ4n) is 4.44. The molecule has 0 bridgehead atoms. The number of rotatable bonds is 7. The lowest BCUT2D eigenvalue weighted by Gasteiger charge is -2.13. The van der Waals surface area contributed by atoms with E-state index in [1.807, 2.05) is 30.3 Å². The van der Waals surface area contributed by atoms with Crippen molar-refractivity contribution < 1.29 is 0 Å². The lowest BCUT2D eigenvalue weighted by Crippen LogP contribution is -2.14. The SMILES string of the molecule is CC(C)CCN=C(N)c1ccc2c(c1)nc(-c1ccc(Cl)c(Cl)c1)n2Cc1cccc2ccccc12. The number of hydrogen-bond acceptors (Lipinski definition) is 2. The second-order valence-electron chi connectivity index (χ2n) is 9.44. The van der Waals surface area contributed by atoms with Gasteiger partial charge in [0, 0.05) is 17.7 Å². The number of imidazole rings is 1. The summed E-state index contributed by atoms with van der Waals surface area (Å²) in [7, 11) is 0. The number of nitrogens with two attached hydrogens (primary N) is 1. The molecule has 0 fully saturated rings. The van der Waals surface area contributed by atoms with Crippen molar-refractivity contribution in [1.29, 1.82) is 0 Å². The molecule has 0 saturated heterocycles. The molecule has 4 aromatic carbocycles. The van der Waals surface area contributed by atoms with Crippen LogP contribution in [0.4, 0.5) is 0 Å². The summed E-state index contributed by atoms with van der Waals surface area (Å²) in [4.78, 5) is 9.61. The van der Waals surface area contributed by atoms with Crippen LogP contribution in [0.3, 0.4) is 0 Å². The van der Waals surface area contributed by atoms with Crippen molar-refractivity contribution in [3.05, 3.63) is 100 Å². The third-order valence-corrected chi connectivity index (χ3v) is 7.16. The van der Waals surface area contributed by atoms with E-state index in [1.54, 1.807) is 0 Å². The molecular weight excluding hydrogens is 487 g/mol. The molecule has 182 valence electrons. The minimum Gasteiger partial charge on any atom is -0.384 e. The van der Waals surface area contributed by atoms with Crippen LogP contribution in [0.25, 0.3) is 33.2 Å². The lowest BCUT2D eigenvalue weighted by molar-refractivity contribution is 0.597. The van der Waals surface area contributed by atoms with E-state index in [0.717, 1.165) is 34.4 Å². The summed E-state index contributed by atoms with van der Waals surface area (Å²) in [5.74, 6) is 1.95. The summed E-state index contributed by atoms with van der Waals surface area (Å²) in [5, 5.41) is 3.45. The summed E-state index contributed by atoms with van der Waals surface area (Å²) < 4.78 is 2.23. The van der Waals surface area contributed by atoms with Gasteiger partial charge in [-0.3, -0.25) is 4.99 Å². The quantitative estimate of drug-likeness (QED) is 0.177. The maximum atomic E-state index is 6.39. The molecule has 0 spiro atoms. The monoisotopic (exact) mass is 514 g/mol. The van der Waals surface area contributed by atoms with Crippen LogP contribution in [0.5, 0.6) is 0 Å². The van der Waals surface area contributed by atoms with Crippen LogP contribution in [0.15, 0.2) is 83.9 Å². The van der Waals surface area contributed by atoms with Crippen molar-refractivity contribution in [3.63, 3.8) is 0 Å². The van der Waals surface area contributed by atoms with Gasteiger partial charge in [-0.1, -0.05) is 79.5 Å². The smallest absolute Gasteiger partial charge is 0.141 e. The van der Waals surface area contributed by atoms with Gasteiger partial charge in [-0.05, 0) is 65.1 Å². The highest BCUT2D eigenvalue weighted by Gasteiger charge is 2.16. The van der Waals surface area contributed by atoms with Gasteiger partial charge in [0.1, 0.15) is 11.7 Å². The number of fused-ring (bicyclic) bond motifs is 2. The van der Waals surface area contributed by atoms with Crippen molar-refractivity contribution >= 4 is 50.8 Å². The topological polar surface area (TPSA) is 56.2 Å². The van der Waals surface area contributed by atoms with Gasteiger partial charge in [0.2, 0.25) is 0 Å². The Labute approximate surface area is 221 Å². The molecule has 0 atom stereocenters. The zero-order valence-electron chi connectivity index (χ0n) is 20.4. The molecule has 1 heterocycles. The standard InChI is InChI=1S/C30H28Cl2N4/c1-19(2)14-15-34-29(33)21-11-13-28-27(17-21)35-30(22-10-12-25(31)26(32)16-22)36(28)18-23-8-5-7-20-6-3-4-9-24(20)23/h3-13,16-17,19H,14-15,18H2,1-2H3,(H2,33,34). The van der Waals surface area contributed by atoms with Gasteiger partial charge in [-0.25, -0.2) is 4.98 Å². The molecule has 1 aromatic heterocycles. The van der Waals surface area contributed by atoms with Crippen LogP contribution < -0.4 is 5.73 Å². The van der Waals surface area contributed by atoms with Crippen LogP contribution in [-0.2, 0) is 6.54 Å². The average Bonchev–Trinajstić information content (AvgIpc) is 3.23. The fourth-order valence-corrected chi connectivity index (χ4v) is 4.74. The van der Waals surface area contributed by atoms with Crippen LogP contribution in [-0.4, -0.2) is 21.9 Å². The normalized spacial score (nSPS) is 12.2. The zero-order valence-corrected chi connectivity index (χ0v) is 21.9. The molecule has 0 amide bonds. The van der Waals surface area contributed by atoms with E-state index in [-0.39, 0.29) is 0 Å². The minimum atomic E-state index is 0.500. The van der Waals surface area contributed by atoms with E-state index in [2.05, 4.69) is 71.9 Å². The second-order valence-corrected chi connectivity index (χ2v) is 10.3. The average molecular weight is 515 g/mol. The molecule has 0 unspecified atom stereocenters. The Bertz CT molecular complexity index is 1580. The molecule has 5 aromatic rings. The summed E-state index contributed by atoms with van der Waals surface area (Å²) in [6.07, 6.45) is 1.00. The van der Waals surface area contributed by atoms with Gasteiger partial charge in [-0.15, -0.1) is 0 Å². The highest BCUT2D eigenvalue weighted by molar-refractivity contribution is 6.42. The van der Waals surface area contributed by atoms with Crippen LogP contribution >= 0.6 is 23.2 Å². The molecule has 2 N–H and O–H groups in total. The first-order valence-corrected chi connectivity index (χ1v) is 12.9. The molecule has 0 aliphatic rings. The maximum absolute atomic E-state index is 6.39. The van der Waals surface area contributed by atoms with Crippen LogP contribution in [0.2, 0.25) is 10.0 Å². The molecule has 0 saturated carbocycles. The molecule has 0 aliphatic carbocycles. The van der Waals surface area contributed by atoms with Gasteiger partial charge < -0.3 is 10.3 Å². The lowest BCUT2D eigenvalue weighted by atomic mass is 10.0. The van der Waals surface area contributed by atoms with Crippen LogP contribution in [0, 0.1) is 5.92 Å². The molecule has 5 rings (SSSR count). The number of benzene rings is 4. The van der Waals surface area contributed by atoms with Crippen molar-refractivity contribution in [2.75, 3.05) is 6.54 Å². The number of aliphatic imine (C=N–C) groups is 1. The summed E-state index contributed by atoms with van der Waals surface area (Å²) in [6, 6.07) is 26.6. The Morgan fingerprint density at radius 2 is 1.75 bits per heavy atom. The van der Waals surface area contributed by atoms with Crippen LogP contribution in [0.1, 0.15) is 31.4 Å². The Hall–Kier alpha value is -3.34. The van der Waals surface area contributed by atoms with Gasteiger partial charge >= 0.3 is 0 Å². The Balaban J connectivity index is 1.63.